The number of methoxy groups -OCH3 is 1. The molecule has 0 spiro atoms. The molecule has 0 bridgehead atoms. The van der Waals surface area contributed by atoms with Crippen molar-refractivity contribution in [3.63, 3.8) is 0 Å². The maximum absolute atomic E-state index is 11.2. The van der Waals surface area contributed by atoms with Crippen molar-refractivity contribution >= 4 is 11.7 Å². The topological polar surface area (TPSA) is 95.9 Å². The summed E-state index contributed by atoms with van der Waals surface area (Å²) in [6.07, 6.45) is 3.18. The molecule has 2 rings (SSSR count). The highest BCUT2D eigenvalue weighted by Gasteiger charge is 2.13. The first-order chi connectivity index (χ1) is 9.02. The first-order valence-electron chi connectivity index (χ1n) is 5.71. The van der Waals surface area contributed by atoms with Gasteiger partial charge in [-0.25, -0.2) is 14.5 Å². The maximum atomic E-state index is 11.2. The molecule has 0 amide bonds. The molecule has 0 aliphatic rings. The smallest absolute Gasteiger partial charge is 0.377 e. The summed E-state index contributed by atoms with van der Waals surface area (Å²) in [5.74, 6) is -0.535. The van der Waals surface area contributed by atoms with Crippen molar-refractivity contribution < 1.29 is 9.53 Å². The number of aromatic nitrogens is 4. The summed E-state index contributed by atoms with van der Waals surface area (Å²) < 4.78 is 6.07. The van der Waals surface area contributed by atoms with E-state index in [2.05, 4.69) is 19.8 Å². The quantitative estimate of drug-likeness (QED) is 0.817. The van der Waals surface area contributed by atoms with Gasteiger partial charge >= 0.3 is 5.97 Å². The van der Waals surface area contributed by atoms with Crippen LogP contribution in [0, 0.1) is 13.8 Å². The van der Waals surface area contributed by atoms with Crippen LogP contribution in [0.15, 0.2) is 12.5 Å². The number of rotatable bonds is 3. The largest absolute Gasteiger partial charge is 0.463 e. The van der Waals surface area contributed by atoms with Crippen LogP contribution >= 0.6 is 0 Å². The number of hydrogen-bond acceptors (Lipinski definition) is 6. The van der Waals surface area contributed by atoms with Crippen molar-refractivity contribution in [2.45, 2.75) is 20.4 Å². The average molecular weight is 261 g/mol. The van der Waals surface area contributed by atoms with E-state index < -0.39 is 5.97 Å². The zero-order chi connectivity index (χ0) is 14.0. The predicted octanol–water partition coefficient (Wildman–Crippen LogP) is 0.707. The van der Waals surface area contributed by atoms with Crippen LogP contribution in [0.4, 0.5) is 5.69 Å². The SMILES string of the molecule is COC(=O)c1ncn(Cc2ncc(C)c(N)c2C)n1. The molecule has 0 aromatic carbocycles. The number of nitrogens with two attached hydrogens (primary N) is 1. The second kappa shape index (κ2) is 5.05. The van der Waals surface area contributed by atoms with Gasteiger partial charge in [0.05, 0.1) is 19.3 Å². The van der Waals surface area contributed by atoms with Gasteiger partial charge < -0.3 is 10.5 Å². The van der Waals surface area contributed by atoms with Gasteiger partial charge in [-0.2, -0.15) is 0 Å². The van der Waals surface area contributed by atoms with Crippen molar-refractivity contribution in [3.05, 3.63) is 35.2 Å². The van der Waals surface area contributed by atoms with E-state index in [-0.39, 0.29) is 5.82 Å². The van der Waals surface area contributed by atoms with Crippen molar-refractivity contribution in [1.82, 2.24) is 19.7 Å². The first-order valence-corrected chi connectivity index (χ1v) is 5.71. The van der Waals surface area contributed by atoms with Crippen LogP contribution in [0.2, 0.25) is 0 Å². The highest BCUT2D eigenvalue weighted by molar-refractivity contribution is 5.84. The lowest BCUT2D eigenvalue weighted by molar-refractivity contribution is 0.0586. The van der Waals surface area contributed by atoms with Crippen LogP contribution in [0.3, 0.4) is 0 Å². The van der Waals surface area contributed by atoms with Crippen molar-refractivity contribution in [3.8, 4) is 0 Å². The Balaban J connectivity index is 2.24. The molecule has 0 saturated carbocycles. The molecule has 0 atom stereocenters. The summed E-state index contributed by atoms with van der Waals surface area (Å²) in [6.45, 7) is 4.22. The third kappa shape index (κ3) is 2.54. The van der Waals surface area contributed by atoms with E-state index in [1.54, 1.807) is 6.20 Å². The highest BCUT2D eigenvalue weighted by Crippen LogP contribution is 2.18. The number of carbonyl (C=O) groups excluding carboxylic acids is 1. The molecule has 100 valence electrons. The summed E-state index contributed by atoms with van der Waals surface area (Å²) in [5.41, 5.74) is 9.32. The second-order valence-electron chi connectivity index (χ2n) is 4.18. The first kappa shape index (κ1) is 13.0. The van der Waals surface area contributed by atoms with Gasteiger partial charge in [0.1, 0.15) is 6.33 Å². The fraction of sp³-hybridized carbons (Fsp3) is 0.333. The number of aryl methyl sites for hydroxylation is 1. The summed E-state index contributed by atoms with van der Waals surface area (Å²) in [4.78, 5) is 19.4. The molecule has 2 aromatic rings. The lowest BCUT2D eigenvalue weighted by Gasteiger charge is -2.09. The Morgan fingerprint density at radius 2 is 2.16 bits per heavy atom. The fourth-order valence-corrected chi connectivity index (χ4v) is 1.66. The van der Waals surface area contributed by atoms with Crippen LogP contribution in [-0.2, 0) is 11.3 Å². The molecule has 2 aromatic heterocycles. The van der Waals surface area contributed by atoms with E-state index in [0.29, 0.717) is 6.54 Å². The molecule has 0 radical (unpaired) electrons. The summed E-state index contributed by atoms with van der Waals surface area (Å²) >= 11 is 0. The Labute approximate surface area is 110 Å². The summed E-state index contributed by atoms with van der Waals surface area (Å²) in [5, 5.41) is 4.02. The number of hydrogen-bond donors (Lipinski definition) is 1. The molecular weight excluding hydrogens is 246 g/mol. The Morgan fingerprint density at radius 3 is 2.84 bits per heavy atom. The molecule has 0 unspecified atom stereocenters. The fourth-order valence-electron chi connectivity index (χ4n) is 1.66. The van der Waals surface area contributed by atoms with Crippen molar-refractivity contribution in [2.75, 3.05) is 12.8 Å². The number of ether oxygens (including phenoxy) is 1. The third-order valence-electron chi connectivity index (χ3n) is 2.89. The predicted molar refractivity (Wildman–Crippen MR) is 68.6 cm³/mol. The van der Waals surface area contributed by atoms with Crippen LogP contribution in [0.1, 0.15) is 27.4 Å². The zero-order valence-electron chi connectivity index (χ0n) is 11.0. The van der Waals surface area contributed by atoms with Crippen LogP contribution < -0.4 is 5.73 Å². The van der Waals surface area contributed by atoms with Gasteiger partial charge in [0.15, 0.2) is 0 Å². The summed E-state index contributed by atoms with van der Waals surface area (Å²) in [6, 6.07) is 0. The lowest BCUT2D eigenvalue weighted by Crippen LogP contribution is -2.09. The minimum Gasteiger partial charge on any atom is -0.463 e. The molecule has 19 heavy (non-hydrogen) atoms. The molecule has 7 heteroatoms. The van der Waals surface area contributed by atoms with Crippen molar-refractivity contribution in [2.24, 2.45) is 0 Å². The number of carbonyl (C=O) groups is 1. The molecule has 2 N–H and O–H groups in total. The van der Waals surface area contributed by atoms with Crippen LogP contribution in [-0.4, -0.2) is 32.8 Å². The molecule has 2 heterocycles. The highest BCUT2D eigenvalue weighted by atomic mass is 16.5. The van der Waals surface area contributed by atoms with Gasteiger partial charge in [0, 0.05) is 11.9 Å². The van der Waals surface area contributed by atoms with Gasteiger partial charge in [-0.1, -0.05) is 0 Å². The lowest BCUT2D eigenvalue weighted by atomic mass is 10.1. The molecule has 0 saturated heterocycles. The zero-order valence-corrected chi connectivity index (χ0v) is 11.0. The van der Waals surface area contributed by atoms with E-state index in [9.17, 15) is 4.79 Å². The standard InChI is InChI=1S/C12H15N5O2/c1-7-4-14-9(8(2)10(7)13)5-17-6-15-11(16-17)12(18)19-3/h4,6H,5H2,1-3H3,(H2,13,14). The van der Waals surface area contributed by atoms with Crippen LogP contribution in [0.25, 0.3) is 0 Å². The molecule has 0 fully saturated rings. The van der Waals surface area contributed by atoms with E-state index in [1.807, 2.05) is 13.8 Å². The van der Waals surface area contributed by atoms with Gasteiger partial charge in [0.25, 0.3) is 5.82 Å². The Bertz CT molecular complexity index is 621. The van der Waals surface area contributed by atoms with Gasteiger partial charge in [-0.05, 0) is 25.0 Å². The Morgan fingerprint density at radius 1 is 1.42 bits per heavy atom. The number of anilines is 1. The van der Waals surface area contributed by atoms with E-state index in [0.717, 1.165) is 22.5 Å². The second-order valence-corrected chi connectivity index (χ2v) is 4.18. The minimum absolute atomic E-state index is 0.0280. The van der Waals surface area contributed by atoms with E-state index >= 15 is 0 Å². The van der Waals surface area contributed by atoms with Gasteiger partial charge in [-0.15, -0.1) is 5.10 Å². The molecule has 0 aliphatic heterocycles. The molecule has 0 aliphatic carbocycles. The Hall–Kier alpha value is -2.44. The van der Waals surface area contributed by atoms with Gasteiger partial charge in [0.2, 0.25) is 0 Å². The van der Waals surface area contributed by atoms with E-state index in [4.69, 9.17) is 5.73 Å². The van der Waals surface area contributed by atoms with Gasteiger partial charge in [-0.3, -0.25) is 4.98 Å². The number of pyridine rings is 1. The average Bonchev–Trinajstić information content (AvgIpc) is 2.87. The monoisotopic (exact) mass is 261 g/mol. The molecule has 7 nitrogen and oxygen atoms in total. The minimum atomic E-state index is -0.563. The normalized spacial score (nSPS) is 10.5. The maximum Gasteiger partial charge on any atom is 0.377 e. The van der Waals surface area contributed by atoms with Crippen molar-refractivity contribution in [1.29, 1.82) is 0 Å². The van der Waals surface area contributed by atoms with E-state index in [1.165, 1.54) is 18.1 Å². The summed E-state index contributed by atoms with van der Waals surface area (Å²) in [7, 11) is 1.29. The Kier molecular flexibility index (Phi) is 3.46. The third-order valence-corrected chi connectivity index (χ3v) is 2.89. The number of nitrogens with zero attached hydrogens (tertiary/aromatic N) is 4. The van der Waals surface area contributed by atoms with Crippen LogP contribution in [0.5, 0.6) is 0 Å². The molecular formula is C12H15N5O2. The number of esters is 1. The number of nitrogen functional groups attached to an aromatic ring is 1.